The molecule has 6 nitrogen and oxygen atoms in total. The summed E-state index contributed by atoms with van der Waals surface area (Å²) < 4.78 is 42.7. The van der Waals surface area contributed by atoms with E-state index in [4.69, 9.17) is 0 Å². The first kappa shape index (κ1) is 21.0. The number of halogens is 1. The molecular weight excluding hydrogens is 393 g/mol. The standard InChI is InChI=1S/C21H24FN3O3S/c1-15-4-10-21(11-5-15)29(27,28)25(19-8-6-18(22)7-9-19)14-20(26)13-24-17(3)12-16(2)23-24/h4-12,20,26H,13-14H2,1-3H3. The van der Waals surface area contributed by atoms with Crippen molar-refractivity contribution in [1.29, 1.82) is 0 Å². The number of aryl methyl sites for hydroxylation is 3. The number of aromatic nitrogens is 2. The van der Waals surface area contributed by atoms with Crippen LogP contribution >= 0.6 is 0 Å². The second-order valence-electron chi connectivity index (χ2n) is 7.09. The van der Waals surface area contributed by atoms with Crippen molar-refractivity contribution in [2.75, 3.05) is 10.8 Å². The summed E-state index contributed by atoms with van der Waals surface area (Å²) in [5.74, 6) is -0.468. The minimum absolute atomic E-state index is 0.103. The summed E-state index contributed by atoms with van der Waals surface area (Å²) in [6, 6.07) is 13.5. The van der Waals surface area contributed by atoms with Gasteiger partial charge < -0.3 is 5.11 Å². The van der Waals surface area contributed by atoms with E-state index in [0.717, 1.165) is 21.3 Å². The first-order chi connectivity index (χ1) is 13.7. The maximum atomic E-state index is 13.4. The second kappa shape index (κ2) is 8.34. The van der Waals surface area contributed by atoms with Gasteiger partial charge in [0.15, 0.2) is 0 Å². The Morgan fingerprint density at radius 3 is 2.24 bits per heavy atom. The van der Waals surface area contributed by atoms with E-state index in [1.807, 2.05) is 26.8 Å². The monoisotopic (exact) mass is 417 g/mol. The van der Waals surface area contributed by atoms with E-state index in [0.29, 0.717) is 0 Å². The van der Waals surface area contributed by atoms with Crippen molar-refractivity contribution in [2.24, 2.45) is 0 Å². The lowest BCUT2D eigenvalue weighted by molar-refractivity contribution is 0.157. The quantitative estimate of drug-likeness (QED) is 0.641. The summed E-state index contributed by atoms with van der Waals surface area (Å²) in [6.45, 7) is 5.53. The number of nitrogens with zero attached hydrogens (tertiary/aromatic N) is 3. The van der Waals surface area contributed by atoms with Gasteiger partial charge in [0.1, 0.15) is 5.82 Å². The minimum Gasteiger partial charge on any atom is -0.389 e. The molecule has 0 aliphatic carbocycles. The summed E-state index contributed by atoms with van der Waals surface area (Å²) >= 11 is 0. The van der Waals surface area contributed by atoms with Crippen LogP contribution < -0.4 is 4.31 Å². The highest BCUT2D eigenvalue weighted by atomic mass is 32.2. The van der Waals surface area contributed by atoms with Gasteiger partial charge in [-0.3, -0.25) is 8.99 Å². The zero-order valence-corrected chi connectivity index (χ0v) is 17.4. The van der Waals surface area contributed by atoms with Crippen LogP contribution in [-0.4, -0.2) is 36.0 Å². The van der Waals surface area contributed by atoms with Gasteiger partial charge in [0.25, 0.3) is 10.0 Å². The third kappa shape index (κ3) is 4.83. The van der Waals surface area contributed by atoms with Crippen LogP contribution in [0.3, 0.4) is 0 Å². The third-order valence-electron chi connectivity index (χ3n) is 4.59. The molecule has 3 aromatic rings. The normalized spacial score (nSPS) is 12.7. The smallest absolute Gasteiger partial charge is 0.264 e. The molecule has 0 amide bonds. The summed E-state index contributed by atoms with van der Waals surface area (Å²) in [5, 5.41) is 14.9. The molecule has 8 heteroatoms. The van der Waals surface area contributed by atoms with Crippen molar-refractivity contribution in [3.8, 4) is 0 Å². The Morgan fingerprint density at radius 1 is 1.07 bits per heavy atom. The molecule has 0 saturated heterocycles. The Bertz CT molecular complexity index is 1080. The first-order valence-corrected chi connectivity index (χ1v) is 10.6. The zero-order valence-electron chi connectivity index (χ0n) is 16.6. The predicted molar refractivity (Wildman–Crippen MR) is 110 cm³/mol. The van der Waals surface area contributed by atoms with Crippen LogP contribution in [0.1, 0.15) is 17.0 Å². The van der Waals surface area contributed by atoms with Crippen LogP contribution in [0.5, 0.6) is 0 Å². The molecular formula is C21H24FN3O3S. The van der Waals surface area contributed by atoms with E-state index >= 15 is 0 Å². The number of hydrogen-bond acceptors (Lipinski definition) is 4. The summed E-state index contributed by atoms with van der Waals surface area (Å²) in [5.41, 5.74) is 2.90. The molecule has 1 unspecified atom stereocenters. The number of anilines is 1. The number of sulfonamides is 1. The maximum absolute atomic E-state index is 13.4. The maximum Gasteiger partial charge on any atom is 0.264 e. The average molecular weight is 418 g/mol. The van der Waals surface area contributed by atoms with E-state index in [9.17, 15) is 17.9 Å². The summed E-state index contributed by atoms with van der Waals surface area (Å²) in [6.07, 6.45) is -1.02. The van der Waals surface area contributed by atoms with Crippen molar-refractivity contribution in [3.63, 3.8) is 0 Å². The molecule has 3 rings (SSSR count). The second-order valence-corrected chi connectivity index (χ2v) is 8.95. The first-order valence-electron chi connectivity index (χ1n) is 9.21. The van der Waals surface area contributed by atoms with Gasteiger partial charge in [-0.05, 0) is 63.2 Å². The molecule has 0 aliphatic heterocycles. The topological polar surface area (TPSA) is 75.4 Å². The van der Waals surface area contributed by atoms with Gasteiger partial charge >= 0.3 is 0 Å². The van der Waals surface area contributed by atoms with Crippen LogP contribution in [0.25, 0.3) is 0 Å². The molecule has 1 heterocycles. The number of rotatable bonds is 7. The Morgan fingerprint density at radius 2 is 1.69 bits per heavy atom. The van der Waals surface area contributed by atoms with Crippen molar-refractivity contribution in [3.05, 3.63) is 77.4 Å². The van der Waals surface area contributed by atoms with E-state index < -0.39 is 21.9 Å². The summed E-state index contributed by atoms with van der Waals surface area (Å²) in [7, 11) is -3.95. The molecule has 0 radical (unpaired) electrons. The lowest BCUT2D eigenvalue weighted by Gasteiger charge is -2.27. The van der Waals surface area contributed by atoms with Crippen LogP contribution in [0, 0.1) is 26.6 Å². The van der Waals surface area contributed by atoms with Crippen LogP contribution in [0.2, 0.25) is 0 Å². The zero-order chi connectivity index (χ0) is 21.2. The van der Waals surface area contributed by atoms with E-state index in [1.54, 1.807) is 16.8 Å². The largest absolute Gasteiger partial charge is 0.389 e. The molecule has 1 N–H and O–H groups in total. The Kier molecular flexibility index (Phi) is 6.04. The fourth-order valence-corrected chi connectivity index (χ4v) is 4.60. The molecule has 1 aromatic heterocycles. The molecule has 2 aromatic carbocycles. The molecule has 0 saturated carbocycles. The van der Waals surface area contributed by atoms with Gasteiger partial charge in [-0.25, -0.2) is 12.8 Å². The number of aliphatic hydroxyl groups excluding tert-OH is 1. The fraction of sp³-hybridized carbons (Fsp3) is 0.286. The van der Waals surface area contributed by atoms with Crippen LogP contribution in [0.15, 0.2) is 59.5 Å². The van der Waals surface area contributed by atoms with Crippen molar-refractivity contribution < 1.29 is 17.9 Å². The fourth-order valence-electron chi connectivity index (χ4n) is 3.10. The highest BCUT2D eigenvalue weighted by Gasteiger charge is 2.27. The highest BCUT2D eigenvalue weighted by Crippen LogP contribution is 2.25. The number of benzene rings is 2. The van der Waals surface area contributed by atoms with Crippen LogP contribution in [-0.2, 0) is 16.6 Å². The van der Waals surface area contributed by atoms with Crippen molar-refractivity contribution >= 4 is 15.7 Å². The molecule has 154 valence electrons. The minimum atomic E-state index is -3.95. The molecule has 0 bridgehead atoms. The van der Waals surface area contributed by atoms with E-state index in [-0.39, 0.29) is 23.7 Å². The summed E-state index contributed by atoms with van der Waals surface area (Å²) in [4.78, 5) is 0.103. The van der Waals surface area contributed by atoms with Gasteiger partial charge in [0.05, 0.1) is 35.5 Å². The lowest BCUT2D eigenvalue weighted by atomic mass is 10.2. The molecule has 0 aliphatic rings. The van der Waals surface area contributed by atoms with Crippen molar-refractivity contribution in [1.82, 2.24) is 9.78 Å². The lowest BCUT2D eigenvalue weighted by Crippen LogP contribution is -2.39. The highest BCUT2D eigenvalue weighted by molar-refractivity contribution is 7.92. The Balaban J connectivity index is 1.93. The molecule has 0 spiro atoms. The van der Waals surface area contributed by atoms with Gasteiger partial charge in [-0.1, -0.05) is 17.7 Å². The van der Waals surface area contributed by atoms with E-state index in [1.165, 1.54) is 36.4 Å². The predicted octanol–water partition coefficient (Wildman–Crippen LogP) is 3.20. The average Bonchev–Trinajstić information content (AvgIpc) is 2.97. The molecule has 29 heavy (non-hydrogen) atoms. The Hall–Kier alpha value is -2.71. The molecule has 1 atom stereocenters. The molecule has 0 fully saturated rings. The Labute approximate surface area is 170 Å². The third-order valence-corrected chi connectivity index (χ3v) is 6.40. The van der Waals surface area contributed by atoms with E-state index in [2.05, 4.69) is 5.10 Å². The number of hydrogen-bond donors (Lipinski definition) is 1. The van der Waals surface area contributed by atoms with Gasteiger partial charge in [-0.15, -0.1) is 0 Å². The van der Waals surface area contributed by atoms with Gasteiger partial charge in [-0.2, -0.15) is 5.10 Å². The van der Waals surface area contributed by atoms with Crippen LogP contribution in [0.4, 0.5) is 10.1 Å². The van der Waals surface area contributed by atoms with Gasteiger partial charge in [0, 0.05) is 5.69 Å². The SMILES string of the molecule is Cc1ccc(S(=O)(=O)N(CC(O)Cn2nc(C)cc2C)c2ccc(F)cc2)cc1. The van der Waals surface area contributed by atoms with Crippen molar-refractivity contribution in [2.45, 2.75) is 38.3 Å². The number of aliphatic hydroxyl groups is 1. The van der Waals surface area contributed by atoms with Gasteiger partial charge in [0.2, 0.25) is 0 Å².